The van der Waals surface area contributed by atoms with Gasteiger partial charge in [-0.05, 0) is 31.5 Å². The molecule has 1 saturated heterocycles. The molecule has 18 heavy (non-hydrogen) atoms. The summed E-state index contributed by atoms with van der Waals surface area (Å²) in [5, 5.41) is 3.29. The van der Waals surface area contributed by atoms with Crippen LogP contribution in [0.5, 0.6) is 0 Å². The number of pyridine rings is 1. The van der Waals surface area contributed by atoms with Crippen molar-refractivity contribution in [2.45, 2.75) is 23.9 Å². The van der Waals surface area contributed by atoms with Gasteiger partial charge in [0.15, 0.2) is 5.03 Å². The van der Waals surface area contributed by atoms with E-state index in [-0.39, 0.29) is 16.1 Å². The molecule has 100 valence electrons. The molecule has 1 N–H and O–H groups in total. The van der Waals surface area contributed by atoms with E-state index < -0.39 is 10.0 Å². The van der Waals surface area contributed by atoms with Crippen molar-refractivity contribution in [3.63, 3.8) is 0 Å². The number of hydrogen-bond acceptors (Lipinski definition) is 4. The van der Waals surface area contributed by atoms with E-state index >= 15 is 0 Å². The fraction of sp³-hybridized carbons (Fsp3) is 0.545. The Hall–Kier alpha value is -0.690. The largest absolute Gasteiger partial charge is 0.315 e. The second-order valence-electron chi connectivity index (χ2n) is 4.31. The quantitative estimate of drug-likeness (QED) is 0.905. The van der Waals surface area contributed by atoms with Crippen LogP contribution in [-0.2, 0) is 10.0 Å². The summed E-state index contributed by atoms with van der Waals surface area (Å²) in [4.78, 5) is 3.88. The van der Waals surface area contributed by atoms with Crippen LogP contribution >= 0.6 is 11.6 Å². The van der Waals surface area contributed by atoms with E-state index in [9.17, 15) is 8.42 Å². The Labute approximate surface area is 112 Å². The number of sulfonamides is 1. The molecule has 1 aromatic rings. The zero-order chi connectivity index (χ0) is 13.2. The van der Waals surface area contributed by atoms with E-state index in [1.54, 1.807) is 13.1 Å². The molecule has 0 aliphatic carbocycles. The minimum absolute atomic E-state index is 0.0400. The van der Waals surface area contributed by atoms with Crippen LogP contribution in [-0.4, -0.2) is 43.9 Å². The van der Waals surface area contributed by atoms with Gasteiger partial charge in [-0.3, -0.25) is 0 Å². The van der Waals surface area contributed by atoms with Crippen LogP contribution in [0.3, 0.4) is 0 Å². The van der Waals surface area contributed by atoms with Crippen LogP contribution in [0.1, 0.15) is 12.8 Å². The Morgan fingerprint density at radius 2 is 2.33 bits per heavy atom. The topological polar surface area (TPSA) is 62.3 Å². The molecule has 0 unspecified atom stereocenters. The molecule has 0 aromatic carbocycles. The number of hydrogen-bond donors (Lipinski definition) is 1. The van der Waals surface area contributed by atoms with E-state index in [1.165, 1.54) is 16.6 Å². The van der Waals surface area contributed by atoms with Crippen LogP contribution in [0.25, 0.3) is 0 Å². The van der Waals surface area contributed by atoms with Gasteiger partial charge in [0.05, 0.1) is 5.02 Å². The van der Waals surface area contributed by atoms with Gasteiger partial charge in [-0.2, -0.15) is 4.31 Å². The van der Waals surface area contributed by atoms with Crippen LogP contribution in [0, 0.1) is 0 Å². The second-order valence-corrected chi connectivity index (χ2v) is 6.63. The zero-order valence-corrected chi connectivity index (χ0v) is 11.7. The highest BCUT2D eigenvalue weighted by atomic mass is 35.5. The van der Waals surface area contributed by atoms with Gasteiger partial charge in [0.2, 0.25) is 0 Å². The number of likely N-dealkylation sites (N-methyl/N-ethyl adjacent to an activating group) is 1. The van der Waals surface area contributed by atoms with Crippen molar-refractivity contribution in [1.82, 2.24) is 14.6 Å². The normalized spacial score (nSPS) is 21.2. The minimum Gasteiger partial charge on any atom is -0.315 e. The monoisotopic (exact) mass is 289 g/mol. The van der Waals surface area contributed by atoms with E-state index in [2.05, 4.69) is 10.3 Å². The molecule has 1 aromatic heterocycles. The molecule has 0 spiro atoms. The van der Waals surface area contributed by atoms with Crippen molar-refractivity contribution in [3.05, 3.63) is 23.4 Å². The highest BCUT2D eigenvalue weighted by Gasteiger charge is 2.31. The number of rotatable bonds is 3. The summed E-state index contributed by atoms with van der Waals surface area (Å²) in [5.74, 6) is 0. The summed E-state index contributed by atoms with van der Waals surface area (Å²) >= 11 is 5.91. The number of nitrogens with one attached hydrogen (secondary N) is 1. The first-order valence-corrected chi connectivity index (χ1v) is 7.64. The van der Waals surface area contributed by atoms with Crippen molar-refractivity contribution in [2.75, 3.05) is 20.1 Å². The fourth-order valence-electron chi connectivity index (χ4n) is 2.04. The maximum absolute atomic E-state index is 12.4. The molecule has 5 nitrogen and oxygen atoms in total. The Morgan fingerprint density at radius 3 is 2.94 bits per heavy atom. The molecule has 2 heterocycles. The number of halogens is 1. The summed E-state index contributed by atoms with van der Waals surface area (Å²) < 4.78 is 26.2. The van der Waals surface area contributed by atoms with Crippen molar-refractivity contribution in [3.8, 4) is 0 Å². The first-order chi connectivity index (χ1) is 8.53. The lowest BCUT2D eigenvalue weighted by atomic mass is 10.1. The van der Waals surface area contributed by atoms with Crippen molar-refractivity contribution in [1.29, 1.82) is 0 Å². The molecule has 0 amide bonds. The number of aromatic nitrogens is 1. The average Bonchev–Trinajstić information content (AvgIpc) is 2.39. The van der Waals surface area contributed by atoms with Gasteiger partial charge >= 0.3 is 0 Å². The van der Waals surface area contributed by atoms with Gasteiger partial charge in [-0.1, -0.05) is 11.6 Å². The van der Waals surface area contributed by atoms with E-state index in [0.29, 0.717) is 6.54 Å². The van der Waals surface area contributed by atoms with Crippen LogP contribution in [0.2, 0.25) is 5.02 Å². The molecule has 0 bridgehead atoms. The third kappa shape index (κ3) is 2.66. The molecule has 7 heteroatoms. The van der Waals surface area contributed by atoms with Gasteiger partial charge in [0.1, 0.15) is 0 Å². The number of nitrogens with zero attached hydrogens (tertiary/aromatic N) is 2. The van der Waals surface area contributed by atoms with E-state index in [1.807, 2.05) is 0 Å². The summed E-state index contributed by atoms with van der Waals surface area (Å²) in [5.41, 5.74) is 0. The Kier molecular flexibility index (Phi) is 4.21. The summed E-state index contributed by atoms with van der Waals surface area (Å²) in [6.45, 7) is 1.61. The highest BCUT2D eigenvalue weighted by molar-refractivity contribution is 7.89. The Balaban J connectivity index is 2.28. The SMILES string of the molecule is CN([C@@H]1CCCNC1)S(=O)(=O)c1ncccc1Cl. The van der Waals surface area contributed by atoms with Crippen molar-refractivity contribution in [2.24, 2.45) is 0 Å². The van der Waals surface area contributed by atoms with Crippen LogP contribution < -0.4 is 5.32 Å². The van der Waals surface area contributed by atoms with Crippen molar-refractivity contribution < 1.29 is 8.42 Å². The summed E-state index contributed by atoms with van der Waals surface area (Å²) in [6, 6.07) is 3.11. The van der Waals surface area contributed by atoms with Gasteiger partial charge in [0, 0.05) is 25.8 Å². The Morgan fingerprint density at radius 1 is 1.56 bits per heavy atom. The molecular weight excluding hydrogens is 274 g/mol. The molecule has 1 atom stereocenters. The van der Waals surface area contributed by atoms with E-state index in [0.717, 1.165) is 19.4 Å². The lowest BCUT2D eigenvalue weighted by Crippen LogP contribution is -2.46. The van der Waals surface area contributed by atoms with Gasteiger partial charge < -0.3 is 5.32 Å². The highest BCUT2D eigenvalue weighted by Crippen LogP contribution is 2.23. The molecular formula is C11H16ClN3O2S. The molecule has 1 fully saturated rings. The Bertz CT molecular complexity index is 515. The summed E-state index contributed by atoms with van der Waals surface area (Å²) in [6.07, 6.45) is 3.26. The van der Waals surface area contributed by atoms with Crippen molar-refractivity contribution >= 4 is 21.6 Å². The predicted octanol–water partition coefficient (Wildman–Crippen LogP) is 1.11. The third-order valence-electron chi connectivity index (χ3n) is 3.13. The van der Waals surface area contributed by atoms with E-state index in [4.69, 9.17) is 11.6 Å². The summed E-state index contributed by atoms with van der Waals surface area (Å²) in [7, 11) is -2.04. The standard InChI is InChI=1S/C11H16ClN3O2S/c1-15(9-4-2-6-13-8-9)18(16,17)11-10(12)5-3-7-14-11/h3,5,7,9,13H,2,4,6,8H2,1H3/t9-/m1/s1. The zero-order valence-electron chi connectivity index (χ0n) is 10.1. The van der Waals surface area contributed by atoms with Crippen LogP contribution in [0.15, 0.2) is 23.4 Å². The van der Waals surface area contributed by atoms with Gasteiger partial charge in [-0.25, -0.2) is 13.4 Å². The minimum atomic E-state index is -3.62. The van der Waals surface area contributed by atoms with Gasteiger partial charge in [0.25, 0.3) is 10.0 Å². The van der Waals surface area contributed by atoms with Gasteiger partial charge in [-0.15, -0.1) is 0 Å². The average molecular weight is 290 g/mol. The molecule has 1 aliphatic heterocycles. The predicted molar refractivity (Wildman–Crippen MR) is 70.1 cm³/mol. The molecule has 0 saturated carbocycles. The molecule has 1 aliphatic rings. The van der Waals surface area contributed by atoms with Crippen LogP contribution in [0.4, 0.5) is 0 Å². The maximum Gasteiger partial charge on any atom is 0.262 e. The number of piperidine rings is 1. The second kappa shape index (κ2) is 5.52. The maximum atomic E-state index is 12.4. The lowest BCUT2D eigenvalue weighted by molar-refractivity contribution is 0.299. The molecule has 0 radical (unpaired) electrons. The molecule has 2 rings (SSSR count). The lowest BCUT2D eigenvalue weighted by Gasteiger charge is -2.30. The smallest absolute Gasteiger partial charge is 0.262 e. The first-order valence-electron chi connectivity index (χ1n) is 5.83. The fourth-order valence-corrected chi connectivity index (χ4v) is 3.81. The third-order valence-corrected chi connectivity index (χ3v) is 5.42. The first kappa shape index (κ1) is 13.7.